The number of hydrogen-bond acceptors (Lipinski definition) is 3. The summed E-state index contributed by atoms with van der Waals surface area (Å²) in [7, 11) is 0. The predicted molar refractivity (Wildman–Crippen MR) is 79.2 cm³/mol. The number of ether oxygens (including phenoxy) is 1. The maximum absolute atomic E-state index is 12.0. The van der Waals surface area contributed by atoms with E-state index in [1.807, 2.05) is 31.2 Å². The first-order valence-corrected chi connectivity index (χ1v) is 6.94. The Morgan fingerprint density at radius 2 is 1.86 bits per heavy atom. The second kappa shape index (κ2) is 3.98. The lowest BCUT2D eigenvalue weighted by molar-refractivity contribution is -0.111. The lowest BCUT2D eigenvalue weighted by Gasteiger charge is -2.25. The molecule has 1 N–H and O–H groups in total. The smallest absolute Gasteiger partial charge is 0.149 e. The summed E-state index contributed by atoms with van der Waals surface area (Å²) in [6.45, 7) is 1.99. The van der Waals surface area contributed by atoms with Crippen molar-refractivity contribution in [2.75, 3.05) is 0 Å². The quantitative estimate of drug-likeness (QED) is 0.870. The third-order valence-corrected chi connectivity index (χ3v) is 4.25. The van der Waals surface area contributed by atoms with E-state index in [4.69, 9.17) is 4.74 Å². The lowest BCUT2D eigenvalue weighted by Crippen LogP contribution is -2.17. The van der Waals surface area contributed by atoms with Gasteiger partial charge in [-0.1, -0.05) is 18.2 Å². The van der Waals surface area contributed by atoms with Gasteiger partial charge in [0.05, 0.1) is 5.41 Å². The van der Waals surface area contributed by atoms with E-state index in [1.165, 1.54) is 0 Å². The highest BCUT2D eigenvalue weighted by Crippen LogP contribution is 2.54. The summed E-state index contributed by atoms with van der Waals surface area (Å²) in [6.07, 6.45) is 2.46. The molecule has 2 aliphatic rings. The number of phenolic OH excluding ortho intramolecular Hbond substituents is 1. The number of aryl methyl sites for hydroxylation is 1. The molecule has 104 valence electrons. The van der Waals surface area contributed by atoms with Gasteiger partial charge in [-0.15, -0.1) is 0 Å². The summed E-state index contributed by atoms with van der Waals surface area (Å²) in [5, 5.41) is 9.40. The number of carbonyl (C=O) groups is 1. The van der Waals surface area contributed by atoms with Crippen LogP contribution in [0.25, 0.3) is 5.76 Å². The lowest BCUT2D eigenvalue weighted by atomic mass is 9.89. The highest BCUT2D eigenvalue weighted by molar-refractivity contribution is 6.11. The van der Waals surface area contributed by atoms with E-state index in [-0.39, 0.29) is 11.5 Å². The molecule has 1 atom stereocenters. The molecule has 2 aromatic rings. The van der Waals surface area contributed by atoms with Crippen molar-refractivity contribution in [1.82, 2.24) is 0 Å². The number of ketones is 1. The Bertz CT molecular complexity index is 787. The number of allylic oxidation sites excluding steroid dienone is 1. The Hall–Kier alpha value is -2.55. The number of Topliss-reactive ketones (excluding diaryl/α,β-unsaturated/α-hetero) is 1. The molecule has 1 fully saturated rings. The van der Waals surface area contributed by atoms with E-state index >= 15 is 0 Å². The monoisotopic (exact) mass is 278 g/mol. The van der Waals surface area contributed by atoms with E-state index < -0.39 is 5.41 Å². The molecule has 1 aliphatic carbocycles. The topological polar surface area (TPSA) is 46.5 Å². The number of carbonyl (C=O) groups excluding carboxylic acids is 1. The van der Waals surface area contributed by atoms with Gasteiger partial charge >= 0.3 is 0 Å². The summed E-state index contributed by atoms with van der Waals surface area (Å²) < 4.78 is 6.04. The number of phenols is 1. The van der Waals surface area contributed by atoms with Crippen molar-refractivity contribution in [2.45, 2.75) is 18.8 Å². The Kier molecular flexibility index (Phi) is 2.31. The largest absolute Gasteiger partial charge is 0.508 e. The molecule has 2 aromatic carbocycles. The van der Waals surface area contributed by atoms with Crippen molar-refractivity contribution in [3.8, 4) is 11.5 Å². The zero-order chi connectivity index (χ0) is 14.6. The van der Waals surface area contributed by atoms with Gasteiger partial charge in [-0.2, -0.15) is 0 Å². The molecule has 1 saturated carbocycles. The molecule has 4 rings (SSSR count). The van der Waals surface area contributed by atoms with Crippen molar-refractivity contribution in [1.29, 1.82) is 0 Å². The molecule has 3 heteroatoms. The Balaban J connectivity index is 1.87. The van der Waals surface area contributed by atoms with E-state index in [9.17, 15) is 9.90 Å². The predicted octanol–water partition coefficient (Wildman–Crippen LogP) is 3.34. The second-order valence-electron chi connectivity index (χ2n) is 5.68. The van der Waals surface area contributed by atoms with E-state index in [0.29, 0.717) is 12.2 Å². The Morgan fingerprint density at radius 3 is 2.52 bits per heavy atom. The molecule has 1 unspecified atom stereocenters. The van der Waals surface area contributed by atoms with Gasteiger partial charge in [-0.25, -0.2) is 0 Å². The van der Waals surface area contributed by atoms with Crippen LogP contribution in [-0.4, -0.2) is 10.9 Å². The average molecular weight is 278 g/mol. The molecular weight excluding hydrogens is 264 g/mol. The van der Waals surface area contributed by atoms with Gasteiger partial charge in [0, 0.05) is 17.5 Å². The van der Waals surface area contributed by atoms with Crippen LogP contribution >= 0.6 is 0 Å². The zero-order valence-electron chi connectivity index (χ0n) is 11.6. The third kappa shape index (κ3) is 1.70. The van der Waals surface area contributed by atoms with Crippen molar-refractivity contribution in [3.63, 3.8) is 0 Å². The average Bonchev–Trinajstić information content (AvgIpc) is 3.11. The summed E-state index contributed by atoms with van der Waals surface area (Å²) in [5.41, 5.74) is 2.35. The van der Waals surface area contributed by atoms with Crippen LogP contribution in [-0.2, 0) is 10.2 Å². The van der Waals surface area contributed by atoms with Crippen LogP contribution in [0.1, 0.15) is 23.1 Å². The number of rotatable bonds is 1. The van der Waals surface area contributed by atoms with E-state index in [0.717, 1.165) is 22.4 Å². The van der Waals surface area contributed by atoms with Gasteiger partial charge < -0.3 is 9.84 Å². The molecule has 21 heavy (non-hydrogen) atoms. The highest BCUT2D eigenvalue weighted by atomic mass is 16.5. The minimum Gasteiger partial charge on any atom is -0.508 e. The van der Waals surface area contributed by atoms with Crippen molar-refractivity contribution in [2.24, 2.45) is 0 Å². The van der Waals surface area contributed by atoms with Crippen LogP contribution in [0.2, 0.25) is 0 Å². The number of fused-ring (bicyclic) bond motifs is 2. The number of benzene rings is 2. The van der Waals surface area contributed by atoms with Crippen molar-refractivity contribution < 1.29 is 14.6 Å². The minimum absolute atomic E-state index is 0.212. The second-order valence-corrected chi connectivity index (χ2v) is 5.68. The van der Waals surface area contributed by atoms with Gasteiger partial charge in [0.15, 0.2) is 0 Å². The van der Waals surface area contributed by atoms with E-state index in [1.54, 1.807) is 24.3 Å². The molecule has 0 bridgehead atoms. The van der Waals surface area contributed by atoms with Crippen molar-refractivity contribution >= 4 is 11.5 Å². The molecule has 1 spiro atoms. The standard InChI is InChI=1S/C18H14O3/c1-11-3-2-4-14-17(11)21-15(9-18(14)10-16(18)20)12-5-7-13(19)8-6-12/h2-9,19H,10H2,1H3. The van der Waals surface area contributed by atoms with Gasteiger partial charge in [-0.05, 0) is 42.8 Å². The summed E-state index contributed by atoms with van der Waals surface area (Å²) >= 11 is 0. The minimum atomic E-state index is -0.507. The van der Waals surface area contributed by atoms with Crippen LogP contribution in [0.15, 0.2) is 48.5 Å². The van der Waals surface area contributed by atoms with Crippen LogP contribution in [0.4, 0.5) is 0 Å². The third-order valence-electron chi connectivity index (χ3n) is 4.25. The molecular formula is C18H14O3. The highest BCUT2D eigenvalue weighted by Gasteiger charge is 2.57. The van der Waals surface area contributed by atoms with Gasteiger partial charge in [0.25, 0.3) is 0 Å². The first-order valence-electron chi connectivity index (χ1n) is 6.94. The molecule has 3 nitrogen and oxygen atoms in total. The zero-order valence-corrected chi connectivity index (χ0v) is 11.6. The molecule has 1 aliphatic heterocycles. The Morgan fingerprint density at radius 1 is 1.14 bits per heavy atom. The van der Waals surface area contributed by atoms with Crippen LogP contribution in [0, 0.1) is 6.92 Å². The Labute approximate surface area is 122 Å². The fourth-order valence-electron chi connectivity index (χ4n) is 2.93. The van der Waals surface area contributed by atoms with Crippen LogP contribution < -0.4 is 4.74 Å². The fraction of sp³-hybridized carbons (Fsp3) is 0.167. The molecule has 1 heterocycles. The summed E-state index contributed by atoms with van der Waals surface area (Å²) in [4.78, 5) is 12.0. The maximum Gasteiger partial charge on any atom is 0.149 e. The molecule has 0 radical (unpaired) electrons. The molecule has 0 saturated heterocycles. The summed E-state index contributed by atoms with van der Waals surface area (Å²) in [5.74, 6) is 1.91. The van der Waals surface area contributed by atoms with Gasteiger partial charge in [0.2, 0.25) is 0 Å². The fourth-order valence-corrected chi connectivity index (χ4v) is 2.93. The number of aromatic hydroxyl groups is 1. The first kappa shape index (κ1) is 12.2. The summed E-state index contributed by atoms with van der Waals surface area (Å²) in [6, 6.07) is 12.7. The van der Waals surface area contributed by atoms with E-state index in [2.05, 4.69) is 0 Å². The normalized spacial score (nSPS) is 22.5. The SMILES string of the molecule is Cc1cccc2c1OC(c1ccc(O)cc1)=CC21CC1=O. The maximum atomic E-state index is 12.0. The van der Waals surface area contributed by atoms with Crippen LogP contribution in [0.3, 0.4) is 0 Å². The van der Waals surface area contributed by atoms with Gasteiger partial charge in [-0.3, -0.25) is 4.79 Å². The number of hydrogen-bond donors (Lipinski definition) is 1. The van der Waals surface area contributed by atoms with Gasteiger partial charge in [0.1, 0.15) is 23.0 Å². The first-order chi connectivity index (χ1) is 10.1. The molecule has 0 aromatic heterocycles. The van der Waals surface area contributed by atoms with Crippen molar-refractivity contribution in [3.05, 3.63) is 65.2 Å². The van der Waals surface area contributed by atoms with Crippen LogP contribution in [0.5, 0.6) is 11.5 Å². The number of para-hydroxylation sites is 1. The molecule has 0 amide bonds.